The molecule has 1 aliphatic heterocycles. The fourth-order valence-corrected chi connectivity index (χ4v) is 1.76. The van der Waals surface area contributed by atoms with Crippen molar-refractivity contribution in [3.05, 3.63) is 12.0 Å². The summed E-state index contributed by atoms with van der Waals surface area (Å²) in [5.74, 6) is 0.596. The molecule has 1 rings (SSSR count). The third-order valence-corrected chi connectivity index (χ3v) is 3.46. The summed E-state index contributed by atoms with van der Waals surface area (Å²) in [5.41, 5.74) is -0.302. The van der Waals surface area contributed by atoms with Crippen LogP contribution in [-0.4, -0.2) is 13.9 Å². The van der Waals surface area contributed by atoms with E-state index >= 15 is 0 Å². The molecular weight excluding hydrogens is 459 g/mol. The smallest absolute Gasteiger partial charge is 0.242 e. The monoisotopic (exact) mass is 480 g/mol. The van der Waals surface area contributed by atoms with Crippen LogP contribution in [-0.2, 0) is 107 Å². The van der Waals surface area contributed by atoms with Gasteiger partial charge in [-0.05, 0) is 33.5 Å². The third kappa shape index (κ3) is 7.44. The molecule has 0 fully saturated rings. The normalized spacial score (nSPS) is 19.8. The first kappa shape index (κ1) is 24.9. The van der Waals surface area contributed by atoms with Gasteiger partial charge in [-0.1, -0.05) is 13.8 Å². The molecule has 0 saturated heterocycles. The minimum Gasteiger partial charge on any atom is -0.546 e. The van der Waals surface area contributed by atoms with Crippen LogP contribution in [0.2, 0.25) is 19.6 Å². The van der Waals surface area contributed by atoms with Gasteiger partial charge in [0.1, 0.15) is 0 Å². The molecule has 0 amide bonds. The molecule has 91 valence electrons. The predicted molar refractivity (Wildman–Crippen MR) is 60.1 cm³/mol. The molecule has 6 heteroatoms. The van der Waals surface area contributed by atoms with Gasteiger partial charge in [0.05, 0.1) is 11.5 Å². The Balaban J connectivity index is -0.000000653. The van der Waals surface area contributed by atoms with Crippen LogP contribution in [0, 0.1) is 11.5 Å². The van der Waals surface area contributed by atoms with Gasteiger partial charge in [0.2, 0.25) is 8.32 Å². The van der Waals surface area contributed by atoms with Gasteiger partial charge in [-0.2, -0.15) is 0 Å². The summed E-state index contributed by atoms with van der Waals surface area (Å²) >= 11 is 0. The first-order valence-corrected chi connectivity index (χ1v) is 8.47. The van der Waals surface area contributed by atoms with Gasteiger partial charge in [-0.3, -0.25) is 0 Å². The predicted octanol–water partition coefficient (Wildman–Crippen LogP) is 3.31. The molecule has 0 N–H and O–H groups in total. The molecule has 0 atom stereocenters. The summed E-state index contributed by atoms with van der Waals surface area (Å²) in [6, 6.07) is 0. The van der Waals surface area contributed by atoms with Crippen molar-refractivity contribution in [2.75, 3.05) is 0 Å². The molecule has 17 heavy (non-hydrogen) atoms. The van der Waals surface area contributed by atoms with Crippen LogP contribution in [0.15, 0.2) is 5.95 Å². The van der Waals surface area contributed by atoms with Crippen LogP contribution in [0.4, 0.5) is 0 Å². The molecular formula is C11H21O2SiY3-. The second kappa shape index (κ2) is 8.35. The van der Waals surface area contributed by atoms with Crippen molar-refractivity contribution in [1.29, 1.82) is 0 Å². The Bertz CT molecular complexity index is 270. The number of rotatable bonds is 2. The van der Waals surface area contributed by atoms with Crippen LogP contribution >= 0.6 is 0 Å². The molecule has 1 heterocycles. The molecule has 1 aliphatic rings. The van der Waals surface area contributed by atoms with E-state index < -0.39 is 8.32 Å². The van der Waals surface area contributed by atoms with E-state index in [-0.39, 0.29) is 109 Å². The van der Waals surface area contributed by atoms with Gasteiger partial charge < -0.3 is 15.2 Å². The maximum Gasteiger partial charge on any atom is 0.242 e. The van der Waals surface area contributed by atoms with Gasteiger partial charge >= 0.3 is 0 Å². The molecule has 0 saturated carbocycles. The van der Waals surface area contributed by atoms with Gasteiger partial charge in [-0.15, -0.1) is 5.41 Å². The number of hydrogen-bond donors (Lipinski definition) is 0. The Labute approximate surface area is 183 Å². The summed E-state index contributed by atoms with van der Waals surface area (Å²) < 4.78 is 11.6. The van der Waals surface area contributed by atoms with Crippen LogP contribution in [0.1, 0.15) is 27.7 Å². The van der Waals surface area contributed by atoms with Crippen LogP contribution < -0.4 is 0 Å². The Morgan fingerprint density at radius 2 is 1.41 bits per heavy atom. The molecule has 0 aliphatic carbocycles. The SMILES string of the molecule is CC1(C)[C-]=C(O[Si](C)(C)C)OC1(C)C.[Y].[Y].[Y]. The molecule has 0 aromatic heterocycles. The largest absolute Gasteiger partial charge is 0.546 e. The standard InChI is InChI=1S/C11H21O2Si.3Y/c1-10(2)8-9(12-11(10,3)4)13-14(5,6)7;;;/h1-7H3;;;/q-1;;;. The average molecular weight is 480 g/mol. The summed E-state index contributed by atoms with van der Waals surface area (Å²) in [5, 5.41) is 0. The molecule has 3 radical (unpaired) electrons. The van der Waals surface area contributed by atoms with E-state index in [1.165, 1.54) is 0 Å². The van der Waals surface area contributed by atoms with Crippen LogP contribution in [0.5, 0.6) is 0 Å². The van der Waals surface area contributed by atoms with Crippen molar-refractivity contribution >= 4 is 8.32 Å². The van der Waals surface area contributed by atoms with Crippen molar-refractivity contribution in [3.63, 3.8) is 0 Å². The van der Waals surface area contributed by atoms with Crippen molar-refractivity contribution in [1.82, 2.24) is 0 Å². The topological polar surface area (TPSA) is 18.5 Å². The van der Waals surface area contributed by atoms with Gasteiger partial charge in [0.25, 0.3) is 0 Å². The molecule has 0 spiro atoms. The molecule has 0 bridgehead atoms. The first-order valence-electron chi connectivity index (χ1n) is 5.07. The van der Waals surface area contributed by atoms with E-state index in [0.29, 0.717) is 5.95 Å². The fraction of sp³-hybridized carbons (Fsp3) is 0.818. The summed E-state index contributed by atoms with van der Waals surface area (Å²) in [6.45, 7) is 14.8. The van der Waals surface area contributed by atoms with E-state index in [1.807, 2.05) is 0 Å². The number of hydrogen-bond acceptors (Lipinski definition) is 2. The van der Waals surface area contributed by atoms with Gasteiger partial charge in [-0.25, -0.2) is 0 Å². The van der Waals surface area contributed by atoms with Crippen molar-refractivity contribution in [3.8, 4) is 0 Å². The quantitative estimate of drug-likeness (QED) is 0.447. The van der Waals surface area contributed by atoms with Crippen LogP contribution in [0.25, 0.3) is 0 Å². The summed E-state index contributed by atoms with van der Waals surface area (Å²) in [7, 11) is -1.57. The Kier molecular flexibility index (Phi) is 12.2. The van der Waals surface area contributed by atoms with Crippen molar-refractivity contribution in [2.24, 2.45) is 5.41 Å². The first-order chi connectivity index (χ1) is 6.04. The third-order valence-electron chi connectivity index (χ3n) is 2.67. The zero-order valence-electron chi connectivity index (χ0n) is 12.0. The van der Waals surface area contributed by atoms with E-state index in [9.17, 15) is 0 Å². The zero-order valence-corrected chi connectivity index (χ0v) is 21.6. The van der Waals surface area contributed by atoms with Gasteiger partial charge in [0, 0.05) is 98.1 Å². The van der Waals surface area contributed by atoms with E-state index in [4.69, 9.17) is 9.16 Å². The second-order valence-corrected chi connectivity index (χ2v) is 10.3. The van der Waals surface area contributed by atoms with Gasteiger partial charge in [0.15, 0.2) is 0 Å². The van der Waals surface area contributed by atoms with E-state index in [1.54, 1.807) is 0 Å². The Morgan fingerprint density at radius 3 is 1.65 bits per heavy atom. The van der Waals surface area contributed by atoms with E-state index in [2.05, 4.69) is 53.4 Å². The maximum atomic E-state index is 5.79. The molecule has 0 aromatic carbocycles. The Hall–Kier alpha value is 2.87. The fourth-order valence-electron chi connectivity index (χ4n) is 1.11. The molecule has 2 nitrogen and oxygen atoms in total. The average Bonchev–Trinajstić information content (AvgIpc) is 1.94. The van der Waals surface area contributed by atoms with Crippen LogP contribution in [0.3, 0.4) is 0 Å². The molecule has 0 unspecified atom stereocenters. The molecule has 0 aromatic rings. The van der Waals surface area contributed by atoms with Crippen molar-refractivity contribution < 1.29 is 107 Å². The van der Waals surface area contributed by atoms with Crippen molar-refractivity contribution in [2.45, 2.75) is 52.9 Å². The zero-order chi connectivity index (χ0) is 11.2. The minimum absolute atomic E-state index is 0. The number of ether oxygens (including phenoxy) is 1. The summed E-state index contributed by atoms with van der Waals surface area (Å²) in [4.78, 5) is 0. The Morgan fingerprint density at radius 1 is 1.00 bits per heavy atom. The maximum absolute atomic E-state index is 5.79. The minimum atomic E-state index is -1.57. The summed E-state index contributed by atoms with van der Waals surface area (Å²) in [6.07, 6.45) is 3.28. The van der Waals surface area contributed by atoms with E-state index in [0.717, 1.165) is 0 Å². The second-order valence-electron chi connectivity index (χ2n) is 5.86.